The average Bonchev–Trinajstić information content (AvgIpc) is 2.05. The van der Waals surface area contributed by atoms with Crippen molar-refractivity contribution in [3.8, 4) is 0 Å². The van der Waals surface area contributed by atoms with E-state index in [1.165, 1.54) is 0 Å². The Morgan fingerprint density at radius 2 is 2.06 bits per heavy atom. The second-order valence-corrected chi connectivity index (χ2v) is 7.17. The van der Waals surface area contributed by atoms with Crippen molar-refractivity contribution < 1.29 is 9.90 Å². The van der Waals surface area contributed by atoms with Gasteiger partial charge in [0.25, 0.3) is 0 Å². The van der Waals surface area contributed by atoms with Gasteiger partial charge in [0.15, 0.2) is 0 Å². The fraction of sp³-hybridized carbons (Fsp3) is 0.917. The maximum Gasteiger partial charge on any atom is 0.304 e. The molecule has 1 heterocycles. The molecule has 3 N–H and O–H groups in total. The molecular weight excluding hydrogens is 222 g/mol. The predicted molar refractivity (Wildman–Crippen MR) is 68.7 cm³/mol. The van der Waals surface area contributed by atoms with Crippen LogP contribution in [0.1, 0.15) is 40.5 Å². The van der Waals surface area contributed by atoms with E-state index in [0.29, 0.717) is 0 Å². The van der Waals surface area contributed by atoms with Gasteiger partial charge in [-0.2, -0.15) is 11.8 Å². The summed E-state index contributed by atoms with van der Waals surface area (Å²) in [6, 6.07) is 0. The average molecular weight is 245 g/mol. The van der Waals surface area contributed by atoms with Gasteiger partial charge in [-0.3, -0.25) is 4.79 Å². The van der Waals surface area contributed by atoms with Gasteiger partial charge in [0.1, 0.15) is 0 Å². The summed E-state index contributed by atoms with van der Waals surface area (Å²) >= 11 is 1.83. The van der Waals surface area contributed by atoms with Crippen molar-refractivity contribution in [2.45, 2.75) is 46.1 Å². The molecule has 1 unspecified atom stereocenters. The Bertz CT molecular complexity index is 283. The summed E-state index contributed by atoms with van der Waals surface area (Å²) in [6.07, 6.45) is 1.20. The minimum Gasteiger partial charge on any atom is -0.481 e. The lowest BCUT2D eigenvalue weighted by atomic mass is 9.55. The number of rotatable bonds is 3. The fourth-order valence-electron chi connectivity index (χ4n) is 2.84. The Labute approximate surface area is 102 Å². The van der Waals surface area contributed by atoms with E-state index in [9.17, 15) is 4.79 Å². The highest BCUT2D eigenvalue weighted by Gasteiger charge is 2.55. The maximum absolute atomic E-state index is 11.1. The molecule has 0 radical (unpaired) electrons. The lowest BCUT2D eigenvalue weighted by Gasteiger charge is -2.56. The highest BCUT2D eigenvalue weighted by atomic mass is 32.2. The molecule has 0 aromatic carbocycles. The van der Waals surface area contributed by atoms with Crippen LogP contribution in [0.5, 0.6) is 0 Å². The minimum absolute atomic E-state index is 0.0190. The van der Waals surface area contributed by atoms with Crippen molar-refractivity contribution >= 4 is 17.7 Å². The van der Waals surface area contributed by atoms with E-state index in [0.717, 1.165) is 17.9 Å². The van der Waals surface area contributed by atoms with E-state index >= 15 is 0 Å². The molecule has 0 spiro atoms. The van der Waals surface area contributed by atoms with Crippen molar-refractivity contribution in [1.82, 2.24) is 0 Å². The standard InChI is InChI=1S/C12H23NO2S/c1-10(2)5-6-16-8-12(10,7-9(14)15)11(3,4)13/h5-8,13H2,1-4H3,(H,14,15). The van der Waals surface area contributed by atoms with Crippen molar-refractivity contribution in [2.75, 3.05) is 11.5 Å². The van der Waals surface area contributed by atoms with Crippen LogP contribution in [0.4, 0.5) is 0 Å². The third-order valence-electron chi connectivity index (χ3n) is 4.20. The molecule has 1 saturated heterocycles. The SMILES string of the molecule is CC(C)(N)C1(CC(=O)O)CSCCC1(C)C. The number of aliphatic carboxylic acids is 1. The normalized spacial score (nSPS) is 30.1. The first-order valence-electron chi connectivity index (χ1n) is 5.71. The van der Waals surface area contributed by atoms with Crippen LogP contribution in [0, 0.1) is 10.8 Å². The Kier molecular flexibility index (Phi) is 3.65. The zero-order valence-corrected chi connectivity index (χ0v) is 11.5. The van der Waals surface area contributed by atoms with Crippen LogP contribution in [0.15, 0.2) is 0 Å². The summed E-state index contributed by atoms with van der Waals surface area (Å²) in [7, 11) is 0. The van der Waals surface area contributed by atoms with Crippen LogP contribution in [0.2, 0.25) is 0 Å². The molecule has 16 heavy (non-hydrogen) atoms. The molecule has 0 amide bonds. The lowest BCUT2D eigenvalue weighted by molar-refractivity contribution is -0.144. The first kappa shape index (κ1) is 13.8. The van der Waals surface area contributed by atoms with E-state index in [4.69, 9.17) is 10.8 Å². The van der Waals surface area contributed by atoms with E-state index in [1.807, 2.05) is 25.6 Å². The zero-order valence-electron chi connectivity index (χ0n) is 10.7. The minimum atomic E-state index is -0.742. The van der Waals surface area contributed by atoms with Crippen molar-refractivity contribution in [3.05, 3.63) is 0 Å². The van der Waals surface area contributed by atoms with Crippen molar-refractivity contribution in [3.63, 3.8) is 0 Å². The first-order valence-corrected chi connectivity index (χ1v) is 6.86. The summed E-state index contributed by atoms with van der Waals surface area (Å²) in [5.74, 6) is 1.20. The maximum atomic E-state index is 11.1. The zero-order chi connectivity index (χ0) is 12.6. The summed E-state index contributed by atoms with van der Waals surface area (Å²) in [4.78, 5) is 11.1. The molecule has 1 rings (SSSR count). The van der Waals surface area contributed by atoms with Crippen molar-refractivity contribution in [1.29, 1.82) is 0 Å². The summed E-state index contributed by atoms with van der Waals surface area (Å²) in [6.45, 7) is 8.24. The van der Waals surface area contributed by atoms with Crippen LogP contribution in [-0.2, 0) is 4.79 Å². The van der Waals surface area contributed by atoms with Crippen LogP contribution in [0.3, 0.4) is 0 Å². The van der Waals surface area contributed by atoms with Gasteiger partial charge in [0, 0.05) is 16.7 Å². The van der Waals surface area contributed by atoms with Gasteiger partial charge >= 0.3 is 5.97 Å². The van der Waals surface area contributed by atoms with Gasteiger partial charge in [-0.05, 0) is 31.4 Å². The number of hydrogen-bond acceptors (Lipinski definition) is 3. The number of carbonyl (C=O) groups is 1. The smallest absolute Gasteiger partial charge is 0.304 e. The summed E-state index contributed by atoms with van der Waals surface area (Å²) in [5.41, 5.74) is 5.48. The highest BCUT2D eigenvalue weighted by molar-refractivity contribution is 7.99. The van der Waals surface area contributed by atoms with E-state index in [2.05, 4.69) is 13.8 Å². The third-order valence-corrected chi connectivity index (χ3v) is 5.39. The molecule has 1 atom stereocenters. The monoisotopic (exact) mass is 245 g/mol. The van der Waals surface area contributed by atoms with Gasteiger partial charge in [-0.25, -0.2) is 0 Å². The quantitative estimate of drug-likeness (QED) is 0.801. The lowest BCUT2D eigenvalue weighted by Crippen LogP contribution is -2.62. The summed E-state index contributed by atoms with van der Waals surface area (Å²) in [5, 5.41) is 9.16. The number of carboxylic acid groups (broad SMARTS) is 1. The van der Waals surface area contributed by atoms with Gasteiger partial charge in [0.2, 0.25) is 0 Å². The molecule has 0 aromatic heterocycles. The number of hydrogen-bond donors (Lipinski definition) is 2. The van der Waals surface area contributed by atoms with E-state index in [1.54, 1.807) is 0 Å². The Hall–Kier alpha value is -0.220. The third kappa shape index (κ3) is 2.23. The van der Waals surface area contributed by atoms with Crippen molar-refractivity contribution in [2.24, 2.45) is 16.6 Å². The second kappa shape index (κ2) is 4.22. The molecule has 4 heteroatoms. The molecule has 1 aliphatic rings. The molecule has 0 aromatic rings. The number of carboxylic acids is 1. The Morgan fingerprint density at radius 1 is 1.50 bits per heavy atom. The molecule has 0 saturated carbocycles. The number of thioether (sulfide) groups is 1. The molecule has 0 bridgehead atoms. The summed E-state index contributed by atoms with van der Waals surface area (Å²) < 4.78 is 0. The Balaban J connectivity index is 3.16. The first-order chi connectivity index (χ1) is 7.12. The largest absolute Gasteiger partial charge is 0.481 e. The van der Waals surface area contributed by atoms with Crippen LogP contribution >= 0.6 is 11.8 Å². The van der Waals surface area contributed by atoms with Gasteiger partial charge in [-0.1, -0.05) is 13.8 Å². The molecular formula is C12H23NO2S. The predicted octanol–water partition coefficient (Wildman–Crippen LogP) is 2.35. The van der Waals surface area contributed by atoms with Gasteiger partial charge in [-0.15, -0.1) is 0 Å². The van der Waals surface area contributed by atoms with Crippen LogP contribution in [-0.4, -0.2) is 28.1 Å². The molecule has 94 valence electrons. The number of nitrogens with two attached hydrogens (primary N) is 1. The van der Waals surface area contributed by atoms with Gasteiger partial charge < -0.3 is 10.8 Å². The van der Waals surface area contributed by atoms with E-state index < -0.39 is 11.5 Å². The van der Waals surface area contributed by atoms with E-state index in [-0.39, 0.29) is 17.3 Å². The molecule has 0 aliphatic carbocycles. The molecule has 1 fully saturated rings. The van der Waals surface area contributed by atoms with Crippen LogP contribution < -0.4 is 5.73 Å². The highest BCUT2D eigenvalue weighted by Crippen LogP contribution is 2.55. The Morgan fingerprint density at radius 3 is 2.44 bits per heavy atom. The molecule has 1 aliphatic heterocycles. The molecule has 3 nitrogen and oxygen atoms in total. The second-order valence-electron chi connectivity index (χ2n) is 6.06. The fourth-order valence-corrected chi connectivity index (χ4v) is 4.86. The van der Waals surface area contributed by atoms with Crippen LogP contribution in [0.25, 0.3) is 0 Å². The topological polar surface area (TPSA) is 63.3 Å². The van der Waals surface area contributed by atoms with Gasteiger partial charge in [0.05, 0.1) is 6.42 Å².